The molecule has 0 aliphatic heterocycles. The normalized spacial score (nSPS) is 16.6. The molecular weight excluding hydrogens is 274 g/mol. The fraction of sp³-hybridized carbons (Fsp3) is 0.533. The van der Waals surface area contributed by atoms with E-state index in [4.69, 9.17) is 0 Å². The second-order valence-electron chi connectivity index (χ2n) is 5.58. The summed E-state index contributed by atoms with van der Waals surface area (Å²) in [5, 5.41) is 3.00. The predicted octanol–water partition coefficient (Wildman–Crippen LogP) is 1.56. The van der Waals surface area contributed by atoms with Crippen LogP contribution in [0.3, 0.4) is 0 Å². The first-order valence-electron chi connectivity index (χ1n) is 6.95. The molecule has 20 heavy (non-hydrogen) atoms. The smallest absolute Gasteiger partial charge is 0.221 e. The minimum Gasteiger partial charge on any atom is -0.353 e. The molecule has 0 unspecified atom stereocenters. The van der Waals surface area contributed by atoms with E-state index in [1.807, 2.05) is 18.2 Å². The fourth-order valence-corrected chi connectivity index (χ4v) is 2.82. The Bertz CT molecular complexity index is 550. The van der Waals surface area contributed by atoms with Crippen LogP contribution in [0.5, 0.6) is 0 Å². The van der Waals surface area contributed by atoms with Gasteiger partial charge in [-0.25, -0.2) is 8.42 Å². The molecule has 1 fully saturated rings. The third kappa shape index (κ3) is 5.33. The third-order valence-corrected chi connectivity index (χ3v) is 4.48. The van der Waals surface area contributed by atoms with Crippen molar-refractivity contribution < 1.29 is 13.2 Å². The largest absolute Gasteiger partial charge is 0.353 e. The van der Waals surface area contributed by atoms with Crippen LogP contribution in [0.1, 0.15) is 24.8 Å². The number of rotatable bonds is 7. The van der Waals surface area contributed by atoms with Crippen molar-refractivity contribution in [3.05, 3.63) is 35.9 Å². The topological polar surface area (TPSA) is 63.2 Å². The first-order valence-corrected chi connectivity index (χ1v) is 9.01. The van der Waals surface area contributed by atoms with Crippen LogP contribution in [-0.2, 0) is 21.1 Å². The van der Waals surface area contributed by atoms with Crippen molar-refractivity contribution >= 4 is 15.7 Å². The first kappa shape index (κ1) is 15.0. The quantitative estimate of drug-likeness (QED) is 0.830. The lowest BCUT2D eigenvalue weighted by Gasteiger charge is -2.18. The van der Waals surface area contributed by atoms with Gasteiger partial charge in [-0.1, -0.05) is 30.3 Å². The number of hydrogen-bond acceptors (Lipinski definition) is 3. The lowest BCUT2D eigenvalue weighted by molar-refractivity contribution is -0.121. The maximum atomic E-state index is 11.8. The summed E-state index contributed by atoms with van der Waals surface area (Å²) in [4.78, 5) is 11.8. The second-order valence-corrected chi connectivity index (χ2v) is 7.84. The van der Waals surface area contributed by atoms with Gasteiger partial charge in [0.2, 0.25) is 5.91 Å². The van der Waals surface area contributed by atoms with Crippen molar-refractivity contribution in [3.63, 3.8) is 0 Å². The molecule has 1 aromatic rings. The van der Waals surface area contributed by atoms with Crippen molar-refractivity contribution in [3.8, 4) is 0 Å². The summed E-state index contributed by atoms with van der Waals surface area (Å²) in [6, 6.07) is 10.2. The van der Waals surface area contributed by atoms with Crippen LogP contribution in [-0.4, -0.2) is 32.4 Å². The lowest BCUT2D eigenvalue weighted by Crippen LogP contribution is -2.38. The van der Waals surface area contributed by atoms with Crippen molar-refractivity contribution in [2.45, 2.75) is 31.7 Å². The van der Waals surface area contributed by atoms with E-state index in [1.54, 1.807) is 0 Å². The number of carbonyl (C=O) groups excluding carboxylic acids is 1. The van der Waals surface area contributed by atoms with Crippen molar-refractivity contribution in [1.29, 1.82) is 0 Å². The van der Waals surface area contributed by atoms with E-state index in [2.05, 4.69) is 17.4 Å². The second kappa shape index (κ2) is 6.39. The maximum Gasteiger partial charge on any atom is 0.221 e. The van der Waals surface area contributed by atoms with E-state index in [9.17, 15) is 13.2 Å². The number of sulfone groups is 1. The molecule has 0 spiro atoms. The standard InChI is InChI=1S/C15H21NO3S/c1-20(18,19)10-9-15(17)16-14(13-7-8-13)11-12-5-3-2-4-6-12/h2-6,13-14H,7-11H2,1H3,(H,16,17)/t14-/m1/s1. The van der Waals surface area contributed by atoms with E-state index in [1.165, 1.54) is 5.56 Å². The summed E-state index contributed by atoms with van der Waals surface area (Å²) in [5.41, 5.74) is 1.20. The minimum absolute atomic E-state index is 0.0524. The Labute approximate surface area is 120 Å². The van der Waals surface area contributed by atoms with Crippen LogP contribution >= 0.6 is 0 Å². The molecule has 0 aromatic heterocycles. The Morgan fingerprint density at radius 3 is 2.50 bits per heavy atom. The Morgan fingerprint density at radius 2 is 1.95 bits per heavy atom. The Hall–Kier alpha value is -1.36. The van der Waals surface area contributed by atoms with Gasteiger partial charge >= 0.3 is 0 Å². The zero-order chi connectivity index (χ0) is 14.6. The molecule has 2 rings (SSSR count). The third-order valence-electron chi connectivity index (χ3n) is 3.54. The van der Waals surface area contributed by atoms with Crippen molar-refractivity contribution in [2.75, 3.05) is 12.0 Å². The average molecular weight is 295 g/mol. The monoisotopic (exact) mass is 295 g/mol. The molecular formula is C15H21NO3S. The van der Waals surface area contributed by atoms with Gasteiger partial charge in [-0.2, -0.15) is 0 Å². The number of benzene rings is 1. The molecule has 0 bridgehead atoms. The molecule has 110 valence electrons. The van der Waals surface area contributed by atoms with Gasteiger partial charge in [-0.15, -0.1) is 0 Å². The van der Waals surface area contributed by atoms with E-state index in [0.717, 1.165) is 25.5 Å². The Morgan fingerprint density at radius 1 is 1.30 bits per heavy atom. The van der Waals surface area contributed by atoms with Gasteiger partial charge in [0.25, 0.3) is 0 Å². The fourth-order valence-electron chi connectivity index (χ4n) is 2.26. The summed E-state index contributed by atoms with van der Waals surface area (Å²) in [6.07, 6.45) is 4.31. The van der Waals surface area contributed by atoms with Crippen LogP contribution in [0.4, 0.5) is 0 Å². The van der Waals surface area contributed by atoms with E-state index in [0.29, 0.717) is 5.92 Å². The van der Waals surface area contributed by atoms with Crippen LogP contribution < -0.4 is 5.32 Å². The number of carbonyl (C=O) groups is 1. The highest BCUT2D eigenvalue weighted by Crippen LogP contribution is 2.34. The van der Waals surface area contributed by atoms with Gasteiger partial charge in [0.15, 0.2) is 0 Å². The molecule has 1 N–H and O–H groups in total. The van der Waals surface area contributed by atoms with Gasteiger partial charge in [0.1, 0.15) is 9.84 Å². The molecule has 1 aliphatic rings. The van der Waals surface area contributed by atoms with Crippen LogP contribution in [0.25, 0.3) is 0 Å². The van der Waals surface area contributed by atoms with Gasteiger partial charge < -0.3 is 5.32 Å². The van der Waals surface area contributed by atoms with Crippen LogP contribution in [0.2, 0.25) is 0 Å². The highest BCUT2D eigenvalue weighted by molar-refractivity contribution is 7.90. The SMILES string of the molecule is CS(=O)(=O)CCC(=O)N[C@H](Cc1ccccc1)C1CC1. The van der Waals surface area contributed by atoms with E-state index >= 15 is 0 Å². The molecule has 1 saturated carbocycles. The molecule has 1 aliphatic carbocycles. The summed E-state index contributed by atoms with van der Waals surface area (Å²) in [7, 11) is -3.08. The predicted molar refractivity (Wildman–Crippen MR) is 79.1 cm³/mol. The zero-order valence-electron chi connectivity index (χ0n) is 11.7. The molecule has 1 amide bonds. The maximum absolute atomic E-state index is 11.8. The Kier molecular flexibility index (Phi) is 4.81. The van der Waals surface area contributed by atoms with Crippen molar-refractivity contribution in [1.82, 2.24) is 5.32 Å². The van der Waals surface area contributed by atoms with Gasteiger partial charge in [0, 0.05) is 18.7 Å². The summed E-state index contributed by atoms with van der Waals surface area (Å²) < 4.78 is 22.2. The van der Waals surface area contributed by atoms with Crippen LogP contribution in [0.15, 0.2) is 30.3 Å². The van der Waals surface area contributed by atoms with Gasteiger partial charge in [-0.05, 0) is 30.7 Å². The summed E-state index contributed by atoms with van der Waals surface area (Å²) >= 11 is 0. The highest BCUT2D eigenvalue weighted by atomic mass is 32.2. The molecule has 4 nitrogen and oxygen atoms in total. The molecule has 1 aromatic carbocycles. The van der Waals surface area contributed by atoms with Crippen LogP contribution in [0, 0.1) is 5.92 Å². The molecule has 1 atom stereocenters. The number of hydrogen-bond donors (Lipinski definition) is 1. The summed E-state index contributed by atoms with van der Waals surface area (Å²) in [5.74, 6) is 0.294. The molecule has 0 heterocycles. The van der Waals surface area contributed by atoms with E-state index in [-0.39, 0.29) is 24.1 Å². The number of amides is 1. The summed E-state index contributed by atoms with van der Waals surface area (Å²) in [6.45, 7) is 0. The Balaban J connectivity index is 1.88. The highest BCUT2D eigenvalue weighted by Gasteiger charge is 2.32. The minimum atomic E-state index is -3.08. The molecule has 0 radical (unpaired) electrons. The first-order chi connectivity index (χ1) is 9.44. The average Bonchev–Trinajstić information content (AvgIpc) is 3.20. The molecule has 0 saturated heterocycles. The van der Waals surface area contributed by atoms with Crippen molar-refractivity contribution in [2.24, 2.45) is 5.92 Å². The van der Waals surface area contributed by atoms with Gasteiger partial charge in [-0.3, -0.25) is 4.79 Å². The van der Waals surface area contributed by atoms with Gasteiger partial charge in [0.05, 0.1) is 5.75 Å². The lowest BCUT2D eigenvalue weighted by atomic mass is 10.0. The zero-order valence-corrected chi connectivity index (χ0v) is 12.5. The number of nitrogens with one attached hydrogen (secondary N) is 1. The van der Waals surface area contributed by atoms with E-state index < -0.39 is 9.84 Å². The molecule has 5 heteroatoms.